The van der Waals surface area contributed by atoms with E-state index in [1.807, 2.05) is 6.92 Å². The molecule has 5 heteroatoms. The average Bonchev–Trinajstić information content (AvgIpc) is 2.45. The van der Waals surface area contributed by atoms with Gasteiger partial charge in [0, 0.05) is 18.0 Å². The van der Waals surface area contributed by atoms with Crippen LogP contribution in [0.4, 0.5) is 4.39 Å². The van der Waals surface area contributed by atoms with E-state index in [1.54, 1.807) is 24.5 Å². The summed E-state index contributed by atoms with van der Waals surface area (Å²) in [5.74, 6) is 0.221. The predicted molar refractivity (Wildman–Crippen MR) is 70.2 cm³/mol. The third-order valence-corrected chi connectivity index (χ3v) is 2.71. The highest BCUT2D eigenvalue weighted by Crippen LogP contribution is 2.23. The standard InChI is InChI=1S/C14H16FN3O/c1-2-5-19-11-6-10(7-18-8-11)14(16)12-3-4-17-9-13(12)15/h3-4,6-9,14H,2,5,16H2,1H3. The van der Waals surface area contributed by atoms with Gasteiger partial charge in [0.05, 0.1) is 25.0 Å². The van der Waals surface area contributed by atoms with Gasteiger partial charge in [0.25, 0.3) is 0 Å². The molecule has 0 bridgehead atoms. The largest absolute Gasteiger partial charge is 0.492 e. The molecule has 2 aromatic rings. The molecule has 19 heavy (non-hydrogen) atoms. The first-order chi connectivity index (χ1) is 9.22. The van der Waals surface area contributed by atoms with Crippen molar-refractivity contribution in [2.45, 2.75) is 19.4 Å². The SMILES string of the molecule is CCCOc1cncc(C(N)c2ccncc2F)c1. The highest BCUT2D eigenvalue weighted by molar-refractivity contribution is 5.33. The zero-order chi connectivity index (χ0) is 13.7. The van der Waals surface area contributed by atoms with E-state index in [9.17, 15) is 4.39 Å². The summed E-state index contributed by atoms with van der Waals surface area (Å²) in [5, 5.41) is 0. The molecule has 100 valence electrons. The first kappa shape index (κ1) is 13.4. The lowest BCUT2D eigenvalue weighted by molar-refractivity contribution is 0.315. The molecule has 0 amide bonds. The molecular weight excluding hydrogens is 245 g/mol. The number of aromatic nitrogens is 2. The van der Waals surface area contributed by atoms with Gasteiger partial charge in [0.2, 0.25) is 0 Å². The Balaban J connectivity index is 2.24. The van der Waals surface area contributed by atoms with Gasteiger partial charge < -0.3 is 10.5 Å². The van der Waals surface area contributed by atoms with Crippen molar-refractivity contribution in [3.63, 3.8) is 0 Å². The number of halogens is 1. The quantitative estimate of drug-likeness (QED) is 0.898. The molecular formula is C14H16FN3O. The van der Waals surface area contributed by atoms with Crippen molar-refractivity contribution in [1.29, 1.82) is 0 Å². The Morgan fingerprint density at radius 1 is 1.32 bits per heavy atom. The van der Waals surface area contributed by atoms with E-state index in [4.69, 9.17) is 10.5 Å². The molecule has 2 N–H and O–H groups in total. The van der Waals surface area contributed by atoms with Crippen LogP contribution in [0, 0.1) is 5.82 Å². The molecule has 2 aromatic heterocycles. The maximum absolute atomic E-state index is 13.6. The average molecular weight is 261 g/mol. The summed E-state index contributed by atoms with van der Waals surface area (Å²) in [6.45, 7) is 2.64. The second kappa shape index (κ2) is 6.24. The summed E-state index contributed by atoms with van der Waals surface area (Å²) < 4.78 is 19.1. The zero-order valence-electron chi connectivity index (χ0n) is 10.7. The van der Waals surface area contributed by atoms with E-state index in [-0.39, 0.29) is 0 Å². The second-order valence-corrected chi connectivity index (χ2v) is 4.18. The fourth-order valence-electron chi connectivity index (χ4n) is 1.72. The van der Waals surface area contributed by atoms with Crippen LogP contribution >= 0.6 is 0 Å². The molecule has 0 spiro atoms. The van der Waals surface area contributed by atoms with E-state index in [1.165, 1.54) is 6.20 Å². The molecule has 0 fully saturated rings. The molecule has 0 saturated heterocycles. The first-order valence-corrected chi connectivity index (χ1v) is 6.15. The molecule has 1 unspecified atom stereocenters. The first-order valence-electron chi connectivity index (χ1n) is 6.15. The van der Waals surface area contributed by atoms with Crippen molar-refractivity contribution in [3.05, 3.63) is 53.9 Å². The molecule has 0 radical (unpaired) electrons. The monoisotopic (exact) mass is 261 g/mol. The fourth-order valence-corrected chi connectivity index (χ4v) is 1.72. The minimum Gasteiger partial charge on any atom is -0.492 e. The smallest absolute Gasteiger partial charge is 0.146 e. The Hall–Kier alpha value is -2.01. The number of hydrogen-bond donors (Lipinski definition) is 1. The molecule has 2 rings (SSSR count). The number of nitrogens with zero attached hydrogens (tertiary/aromatic N) is 2. The van der Waals surface area contributed by atoms with Crippen LogP contribution in [0.1, 0.15) is 30.5 Å². The van der Waals surface area contributed by atoms with Gasteiger partial charge in [-0.05, 0) is 24.1 Å². The normalized spacial score (nSPS) is 12.2. The Morgan fingerprint density at radius 2 is 2.16 bits per heavy atom. The Kier molecular flexibility index (Phi) is 4.41. The summed E-state index contributed by atoms with van der Waals surface area (Å²) in [7, 11) is 0. The molecule has 1 atom stereocenters. The summed E-state index contributed by atoms with van der Waals surface area (Å²) in [5.41, 5.74) is 7.15. The predicted octanol–water partition coefficient (Wildman–Crippen LogP) is 2.45. The summed E-state index contributed by atoms with van der Waals surface area (Å²) in [6.07, 6.45) is 6.82. The van der Waals surface area contributed by atoms with Crippen molar-refractivity contribution in [3.8, 4) is 5.75 Å². The molecule has 2 heterocycles. The summed E-state index contributed by atoms with van der Waals surface area (Å²) in [4.78, 5) is 7.78. The van der Waals surface area contributed by atoms with Crippen molar-refractivity contribution < 1.29 is 9.13 Å². The minimum atomic E-state index is -0.583. The van der Waals surface area contributed by atoms with E-state index in [2.05, 4.69) is 9.97 Å². The van der Waals surface area contributed by atoms with Crippen molar-refractivity contribution in [1.82, 2.24) is 9.97 Å². The van der Waals surface area contributed by atoms with Gasteiger partial charge in [0.15, 0.2) is 0 Å². The zero-order valence-corrected chi connectivity index (χ0v) is 10.7. The lowest BCUT2D eigenvalue weighted by Gasteiger charge is -2.14. The van der Waals surface area contributed by atoms with Crippen LogP contribution in [0.25, 0.3) is 0 Å². The van der Waals surface area contributed by atoms with E-state index >= 15 is 0 Å². The van der Waals surface area contributed by atoms with E-state index in [0.29, 0.717) is 23.5 Å². The lowest BCUT2D eigenvalue weighted by Crippen LogP contribution is -2.14. The van der Waals surface area contributed by atoms with Gasteiger partial charge in [0.1, 0.15) is 11.6 Å². The highest BCUT2D eigenvalue weighted by atomic mass is 19.1. The van der Waals surface area contributed by atoms with Crippen LogP contribution in [-0.2, 0) is 0 Å². The van der Waals surface area contributed by atoms with Crippen molar-refractivity contribution >= 4 is 0 Å². The van der Waals surface area contributed by atoms with Crippen molar-refractivity contribution in [2.75, 3.05) is 6.61 Å². The van der Waals surface area contributed by atoms with Crippen LogP contribution in [0.2, 0.25) is 0 Å². The molecule has 0 aliphatic rings. The van der Waals surface area contributed by atoms with Gasteiger partial charge in [-0.3, -0.25) is 9.97 Å². The molecule has 0 aliphatic heterocycles. The van der Waals surface area contributed by atoms with E-state index in [0.717, 1.165) is 12.6 Å². The maximum Gasteiger partial charge on any atom is 0.146 e. The van der Waals surface area contributed by atoms with Crippen LogP contribution in [0.15, 0.2) is 36.9 Å². The Morgan fingerprint density at radius 3 is 2.89 bits per heavy atom. The fraction of sp³-hybridized carbons (Fsp3) is 0.286. The Bertz CT molecular complexity index is 548. The summed E-state index contributed by atoms with van der Waals surface area (Å²) >= 11 is 0. The third-order valence-electron chi connectivity index (χ3n) is 2.71. The van der Waals surface area contributed by atoms with Gasteiger partial charge in [-0.1, -0.05) is 6.92 Å². The summed E-state index contributed by atoms with van der Waals surface area (Å²) in [6, 6.07) is 2.77. The van der Waals surface area contributed by atoms with Gasteiger partial charge >= 0.3 is 0 Å². The number of rotatable bonds is 5. The van der Waals surface area contributed by atoms with Gasteiger partial charge in [-0.25, -0.2) is 4.39 Å². The number of ether oxygens (including phenoxy) is 1. The van der Waals surface area contributed by atoms with Gasteiger partial charge in [-0.2, -0.15) is 0 Å². The molecule has 0 aliphatic carbocycles. The van der Waals surface area contributed by atoms with Crippen LogP contribution < -0.4 is 10.5 Å². The second-order valence-electron chi connectivity index (χ2n) is 4.18. The van der Waals surface area contributed by atoms with Crippen molar-refractivity contribution in [2.24, 2.45) is 5.73 Å². The molecule has 4 nitrogen and oxygen atoms in total. The third kappa shape index (κ3) is 3.26. The topological polar surface area (TPSA) is 61.0 Å². The van der Waals surface area contributed by atoms with Crippen LogP contribution in [-0.4, -0.2) is 16.6 Å². The van der Waals surface area contributed by atoms with Crippen LogP contribution in [0.5, 0.6) is 5.75 Å². The number of pyridine rings is 2. The molecule has 0 aromatic carbocycles. The number of hydrogen-bond acceptors (Lipinski definition) is 4. The van der Waals surface area contributed by atoms with E-state index < -0.39 is 11.9 Å². The molecule has 0 saturated carbocycles. The lowest BCUT2D eigenvalue weighted by atomic mass is 10.0. The van der Waals surface area contributed by atoms with Gasteiger partial charge in [-0.15, -0.1) is 0 Å². The minimum absolute atomic E-state index is 0.393. The Labute approximate surface area is 111 Å². The highest BCUT2D eigenvalue weighted by Gasteiger charge is 2.14. The maximum atomic E-state index is 13.6. The van der Waals surface area contributed by atoms with Crippen LogP contribution in [0.3, 0.4) is 0 Å². The number of nitrogens with two attached hydrogens (primary N) is 1.